The van der Waals surface area contributed by atoms with Gasteiger partial charge < -0.3 is 15.8 Å². The Kier molecular flexibility index (Phi) is 6.52. The predicted octanol–water partition coefficient (Wildman–Crippen LogP) is 2.72. The number of carbonyl (C=O) groups excluding carboxylic acids is 1. The van der Waals surface area contributed by atoms with E-state index in [9.17, 15) is 4.79 Å². The summed E-state index contributed by atoms with van der Waals surface area (Å²) in [4.78, 5) is 12.3. The van der Waals surface area contributed by atoms with Gasteiger partial charge >= 0.3 is 0 Å². The van der Waals surface area contributed by atoms with Crippen molar-refractivity contribution in [2.24, 2.45) is 5.73 Å². The third-order valence-corrected chi connectivity index (χ3v) is 3.69. The SMILES string of the molecule is CCCOc1cccc(C(=O)NC(CC)(CC)CN)c1. The molecule has 0 bridgehead atoms. The highest BCUT2D eigenvalue weighted by Crippen LogP contribution is 2.17. The Morgan fingerprint density at radius 3 is 2.55 bits per heavy atom. The van der Waals surface area contributed by atoms with Crippen molar-refractivity contribution < 1.29 is 9.53 Å². The van der Waals surface area contributed by atoms with Crippen LogP contribution in [-0.4, -0.2) is 24.6 Å². The van der Waals surface area contributed by atoms with Gasteiger partial charge in [-0.1, -0.05) is 26.8 Å². The Hall–Kier alpha value is -1.55. The molecule has 0 aliphatic carbocycles. The minimum Gasteiger partial charge on any atom is -0.494 e. The Balaban J connectivity index is 2.81. The number of rotatable bonds is 8. The van der Waals surface area contributed by atoms with Crippen molar-refractivity contribution in [2.75, 3.05) is 13.2 Å². The molecule has 0 radical (unpaired) electrons. The van der Waals surface area contributed by atoms with Crippen LogP contribution in [-0.2, 0) is 0 Å². The fourth-order valence-corrected chi connectivity index (χ4v) is 2.03. The molecule has 4 nitrogen and oxygen atoms in total. The lowest BCUT2D eigenvalue weighted by Crippen LogP contribution is -2.52. The van der Waals surface area contributed by atoms with Crippen molar-refractivity contribution in [1.82, 2.24) is 5.32 Å². The molecule has 1 rings (SSSR count). The van der Waals surface area contributed by atoms with Crippen molar-refractivity contribution in [3.8, 4) is 5.75 Å². The molecule has 0 aliphatic rings. The lowest BCUT2D eigenvalue weighted by atomic mass is 9.92. The first-order valence-corrected chi connectivity index (χ1v) is 7.36. The second kappa shape index (κ2) is 7.90. The lowest BCUT2D eigenvalue weighted by molar-refractivity contribution is 0.0895. The van der Waals surface area contributed by atoms with E-state index in [1.807, 2.05) is 26.0 Å². The fraction of sp³-hybridized carbons (Fsp3) is 0.562. The summed E-state index contributed by atoms with van der Waals surface area (Å²) in [5.74, 6) is 0.631. The Morgan fingerprint density at radius 2 is 2.00 bits per heavy atom. The van der Waals surface area contributed by atoms with Crippen LogP contribution in [0.2, 0.25) is 0 Å². The van der Waals surface area contributed by atoms with E-state index in [2.05, 4.69) is 12.2 Å². The number of hydrogen-bond donors (Lipinski definition) is 2. The zero-order valence-corrected chi connectivity index (χ0v) is 12.7. The fourth-order valence-electron chi connectivity index (χ4n) is 2.03. The molecule has 0 saturated carbocycles. The standard InChI is InChI=1S/C16H26N2O2/c1-4-10-20-14-9-7-8-13(11-14)15(19)18-16(5-2,6-3)12-17/h7-9,11H,4-6,10,12,17H2,1-3H3,(H,18,19). The van der Waals surface area contributed by atoms with E-state index in [1.54, 1.807) is 12.1 Å². The minimum absolute atomic E-state index is 0.0962. The molecule has 0 atom stereocenters. The smallest absolute Gasteiger partial charge is 0.251 e. The Labute approximate surface area is 121 Å². The summed E-state index contributed by atoms with van der Waals surface area (Å²) in [5, 5.41) is 3.06. The molecule has 1 amide bonds. The highest BCUT2D eigenvalue weighted by molar-refractivity contribution is 5.95. The summed E-state index contributed by atoms with van der Waals surface area (Å²) in [6.45, 7) is 7.23. The number of nitrogens with two attached hydrogens (primary N) is 1. The molecule has 20 heavy (non-hydrogen) atoms. The number of hydrogen-bond acceptors (Lipinski definition) is 3. The van der Waals surface area contributed by atoms with Crippen LogP contribution in [0, 0.1) is 0 Å². The number of ether oxygens (including phenoxy) is 1. The molecule has 0 aliphatic heterocycles. The molecule has 112 valence electrons. The first-order chi connectivity index (χ1) is 9.60. The minimum atomic E-state index is -0.322. The molecule has 0 unspecified atom stereocenters. The molecule has 0 spiro atoms. The number of benzene rings is 1. The summed E-state index contributed by atoms with van der Waals surface area (Å²) in [5.41, 5.74) is 6.10. The van der Waals surface area contributed by atoms with Gasteiger partial charge in [-0.25, -0.2) is 0 Å². The van der Waals surface area contributed by atoms with E-state index in [0.717, 1.165) is 25.0 Å². The topological polar surface area (TPSA) is 64.3 Å². The summed E-state index contributed by atoms with van der Waals surface area (Å²) in [6, 6.07) is 7.27. The largest absolute Gasteiger partial charge is 0.494 e. The van der Waals surface area contributed by atoms with Gasteiger partial charge in [-0.3, -0.25) is 4.79 Å². The van der Waals surface area contributed by atoms with Crippen molar-refractivity contribution in [1.29, 1.82) is 0 Å². The van der Waals surface area contributed by atoms with Gasteiger partial charge in [0.2, 0.25) is 0 Å². The quantitative estimate of drug-likeness (QED) is 0.768. The third-order valence-electron chi connectivity index (χ3n) is 3.69. The molecule has 0 fully saturated rings. The van der Waals surface area contributed by atoms with E-state index in [4.69, 9.17) is 10.5 Å². The summed E-state index contributed by atoms with van der Waals surface area (Å²) >= 11 is 0. The van der Waals surface area contributed by atoms with Crippen molar-refractivity contribution >= 4 is 5.91 Å². The summed E-state index contributed by atoms with van der Waals surface area (Å²) in [6.07, 6.45) is 2.58. The van der Waals surface area contributed by atoms with E-state index in [1.165, 1.54) is 0 Å². The maximum atomic E-state index is 12.3. The van der Waals surface area contributed by atoms with Crippen LogP contribution in [0.25, 0.3) is 0 Å². The Bertz CT molecular complexity index is 420. The maximum absolute atomic E-state index is 12.3. The number of carbonyl (C=O) groups is 1. The van der Waals surface area contributed by atoms with Gasteiger partial charge in [0.15, 0.2) is 0 Å². The molecule has 3 N–H and O–H groups in total. The van der Waals surface area contributed by atoms with Gasteiger partial charge in [-0.05, 0) is 37.5 Å². The van der Waals surface area contributed by atoms with Gasteiger partial charge in [-0.15, -0.1) is 0 Å². The normalized spacial score (nSPS) is 11.2. The van der Waals surface area contributed by atoms with Crippen LogP contribution in [0.15, 0.2) is 24.3 Å². The van der Waals surface area contributed by atoms with Crippen molar-refractivity contribution in [3.63, 3.8) is 0 Å². The van der Waals surface area contributed by atoms with Crippen LogP contribution < -0.4 is 15.8 Å². The van der Waals surface area contributed by atoms with Gasteiger partial charge in [-0.2, -0.15) is 0 Å². The molecule has 1 aromatic rings. The molecule has 0 heterocycles. The third kappa shape index (κ3) is 4.23. The van der Waals surface area contributed by atoms with Crippen LogP contribution in [0.4, 0.5) is 0 Å². The van der Waals surface area contributed by atoms with E-state index in [-0.39, 0.29) is 11.4 Å². The molecule has 4 heteroatoms. The summed E-state index contributed by atoms with van der Waals surface area (Å²) < 4.78 is 5.55. The van der Waals surface area contributed by atoms with Crippen LogP contribution in [0.1, 0.15) is 50.4 Å². The predicted molar refractivity (Wildman–Crippen MR) is 82.1 cm³/mol. The van der Waals surface area contributed by atoms with Gasteiger partial charge in [0, 0.05) is 12.1 Å². The monoisotopic (exact) mass is 278 g/mol. The van der Waals surface area contributed by atoms with Gasteiger partial charge in [0.1, 0.15) is 5.75 Å². The first kappa shape index (κ1) is 16.5. The van der Waals surface area contributed by atoms with E-state index < -0.39 is 0 Å². The van der Waals surface area contributed by atoms with Gasteiger partial charge in [0.05, 0.1) is 12.1 Å². The number of nitrogens with one attached hydrogen (secondary N) is 1. The van der Waals surface area contributed by atoms with Crippen LogP contribution in [0.3, 0.4) is 0 Å². The summed E-state index contributed by atoms with van der Waals surface area (Å²) in [7, 11) is 0. The second-order valence-corrected chi connectivity index (χ2v) is 5.02. The zero-order chi connectivity index (χ0) is 15.0. The molecule has 0 saturated heterocycles. The molecule has 1 aromatic carbocycles. The molecule has 0 aromatic heterocycles. The van der Waals surface area contributed by atoms with Crippen molar-refractivity contribution in [2.45, 2.75) is 45.6 Å². The van der Waals surface area contributed by atoms with Crippen LogP contribution >= 0.6 is 0 Å². The van der Waals surface area contributed by atoms with E-state index >= 15 is 0 Å². The maximum Gasteiger partial charge on any atom is 0.251 e. The van der Waals surface area contributed by atoms with E-state index in [0.29, 0.717) is 18.7 Å². The highest BCUT2D eigenvalue weighted by Gasteiger charge is 2.26. The first-order valence-electron chi connectivity index (χ1n) is 7.36. The van der Waals surface area contributed by atoms with Gasteiger partial charge in [0.25, 0.3) is 5.91 Å². The Morgan fingerprint density at radius 1 is 1.30 bits per heavy atom. The number of amides is 1. The molecular weight excluding hydrogens is 252 g/mol. The average Bonchev–Trinajstić information content (AvgIpc) is 2.51. The zero-order valence-electron chi connectivity index (χ0n) is 12.7. The van der Waals surface area contributed by atoms with Crippen molar-refractivity contribution in [3.05, 3.63) is 29.8 Å². The second-order valence-electron chi connectivity index (χ2n) is 5.02. The van der Waals surface area contributed by atoms with Crippen LogP contribution in [0.5, 0.6) is 5.75 Å². The average molecular weight is 278 g/mol. The lowest BCUT2D eigenvalue weighted by Gasteiger charge is -2.31. The molecular formula is C16H26N2O2. The highest BCUT2D eigenvalue weighted by atomic mass is 16.5.